The minimum absolute atomic E-state index is 0.118. The lowest BCUT2D eigenvalue weighted by Gasteiger charge is -2.23. The Morgan fingerprint density at radius 3 is 2.23 bits per heavy atom. The fourth-order valence-corrected chi connectivity index (χ4v) is 5.09. The lowest BCUT2D eigenvalue weighted by molar-refractivity contribution is -0.146. The van der Waals surface area contributed by atoms with E-state index < -0.39 is 11.9 Å². The Labute approximate surface area is 173 Å². The average Bonchev–Trinajstić information content (AvgIpc) is 3.42. The molecule has 1 heterocycles. The predicted octanol–water partition coefficient (Wildman–Crippen LogP) is 3.63. The number of allylic oxidation sites excluding steroid dienone is 2. The molecule has 2 aromatic rings. The second-order valence-electron chi connectivity index (χ2n) is 8.30. The van der Waals surface area contributed by atoms with Crippen molar-refractivity contribution in [1.82, 2.24) is 4.90 Å². The fraction of sp³-hybridized carbons (Fsp3) is 0.292. The molecule has 5 atom stereocenters. The number of fused-ring (bicyclic) bond motifs is 5. The number of halogens is 1. The van der Waals surface area contributed by atoms with Crippen LogP contribution < -0.4 is 5.32 Å². The molecule has 5 nitrogen and oxygen atoms in total. The molecule has 1 aliphatic heterocycles. The van der Waals surface area contributed by atoms with Gasteiger partial charge in [-0.2, -0.15) is 0 Å². The summed E-state index contributed by atoms with van der Waals surface area (Å²) in [6, 6.07) is 12.4. The van der Waals surface area contributed by atoms with Crippen molar-refractivity contribution in [2.45, 2.75) is 19.4 Å². The molecule has 2 aromatic carbocycles. The van der Waals surface area contributed by atoms with Crippen molar-refractivity contribution >= 4 is 23.4 Å². The van der Waals surface area contributed by atoms with E-state index in [9.17, 15) is 18.8 Å². The van der Waals surface area contributed by atoms with Crippen LogP contribution in [-0.4, -0.2) is 28.7 Å². The predicted molar refractivity (Wildman–Crippen MR) is 109 cm³/mol. The largest absolute Gasteiger partial charge is 0.324 e. The topological polar surface area (TPSA) is 66.5 Å². The van der Waals surface area contributed by atoms with Crippen molar-refractivity contribution in [2.75, 3.05) is 5.32 Å². The van der Waals surface area contributed by atoms with E-state index in [1.54, 1.807) is 37.3 Å². The molecule has 1 saturated carbocycles. The molecule has 0 aromatic heterocycles. The van der Waals surface area contributed by atoms with E-state index >= 15 is 0 Å². The molecule has 3 aliphatic rings. The van der Waals surface area contributed by atoms with Crippen LogP contribution in [0.5, 0.6) is 0 Å². The maximum Gasteiger partial charge on any atom is 0.247 e. The molecule has 2 fully saturated rings. The molecule has 1 saturated heterocycles. The van der Waals surface area contributed by atoms with Gasteiger partial charge in [0.15, 0.2) is 0 Å². The van der Waals surface area contributed by atoms with E-state index in [-0.39, 0.29) is 41.3 Å². The van der Waals surface area contributed by atoms with Gasteiger partial charge in [-0.15, -0.1) is 0 Å². The second-order valence-corrected chi connectivity index (χ2v) is 8.30. The molecule has 3 amide bonds. The molecule has 6 heteroatoms. The van der Waals surface area contributed by atoms with Crippen LogP contribution in [0, 0.1) is 29.5 Å². The number of carbonyl (C=O) groups excluding carboxylic acids is 3. The monoisotopic (exact) mass is 404 g/mol. The zero-order valence-corrected chi connectivity index (χ0v) is 16.4. The summed E-state index contributed by atoms with van der Waals surface area (Å²) in [5.41, 5.74) is 2.11. The van der Waals surface area contributed by atoms with Gasteiger partial charge in [0.25, 0.3) is 0 Å². The molecule has 0 unspecified atom stereocenters. The molecule has 0 spiro atoms. The number of carbonyl (C=O) groups is 3. The van der Waals surface area contributed by atoms with Crippen LogP contribution in [0.25, 0.3) is 11.1 Å². The molecule has 152 valence electrons. The summed E-state index contributed by atoms with van der Waals surface area (Å²) in [4.78, 5) is 39.7. The van der Waals surface area contributed by atoms with Crippen molar-refractivity contribution in [2.24, 2.45) is 23.7 Å². The quantitative estimate of drug-likeness (QED) is 0.625. The van der Waals surface area contributed by atoms with Crippen LogP contribution in [0.3, 0.4) is 0 Å². The van der Waals surface area contributed by atoms with Gasteiger partial charge in [0, 0.05) is 5.69 Å². The van der Waals surface area contributed by atoms with E-state index in [0.29, 0.717) is 5.69 Å². The summed E-state index contributed by atoms with van der Waals surface area (Å²) in [7, 11) is 0. The Kier molecular flexibility index (Phi) is 4.31. The number of nitrogens with one attached hydrogen (secondary N) is 1. The molecule has 5 rings (SSSR count). The Morgan fingerprint density at radius 1 is 1.00 bits per heavy atom. The maximum atomic E-state index is 13.4. The lowest BCUT2D eigenvalue weighted by Crippen LogP contribution is -2.46. The van der Waals surface area contributed by atoms with Gasteiger partial charge in [-0.3, -0.25) is 19.3 Å². The van der Waals surface area contributed by atoms with Crippen molar-refractivity contribution in [3.05, 3.63) is 66.5 Å². The Morgan fingerprint density at radius 2 is 1.63 bits per heavy atom. The maximum absolute atomic E-state index is 13.4. The van der Waals surface area contributed by atoms with Crippen molar-refractivity contribution in [3.8, 4) is 11.1 Å². The van der Waals surface area contributed by atoms with Crippen molar-refractivity contribution in [1.29, 1.82) is 0 Å². The average molecular weight is 404 g/mol. The number of hydrogen-bond donors (Lipinski definition) is 1. The number of likely N-dealkylation sites (tertiary alicyclic amines) is 1. The molecule has 2 aliphatic carbocycles. The highest BCUT2D eigenvalue weighted by Gasteiger charge is 2.60. The van der Waals surface area contributed by atoms with Crippen LogP contribution in [0.15, 0.2) is 60.7 Å². The van der Waals surface area contributed by atoms with E-state index in [2.05, 4.69) is 5.32 Å². The number of anilines is 1. The number of nitrogens with zero attached hydrogens (tertiary/aromatic N) is 1. The van der Waals surface area contributed by atoms with Gasteiger partial charge in [-0.05, 0) is 60.6 Å². The third kappa shape index (κ3) is 2.86. The summed E-state index contributed by atoms with van der Waals surface area (Å²) >= 11 is 0. The summed E-state index contributed by atoms with van der Waals surface area (Å²) in [6.45, 7) is 1.59. The summed E-state index contributed by atoms with van der Waals surface area (Å²) in [5.74, 6) is -1.57. The van der Waals surface area contributed by atoms with Crippen LogP contribution >= 0.6 is 0 Å². The first kappa shape index (κ1) is 18.7. The number of rotatable bonds is 4. The number of hydrogen-bond acceptors (Lipinski definition) is 3. The third-order valence-corrected chi connectivity index (χ3v) is 6.58. The minimum atomic E-state index is -0.877. The van der Waals surface area contributed by atoms with Gasteiger partial charge in [0.1, 0.15) is 11.9 Å². The van der Waals surface area contributed by atoms with E-state index in [1.807, 2.05) is 18.2 Å². The molecule has 1 N–H and O–H groups in total. The lowest BCUT2D eigenvalue weighted by atomic mass is 9.85. The normalized spacial score (nSPS) is 27.5. The summed E-state index contributed by atoms with van der Waals surface area (Å²) in [5, 5.41) is 2.78. The minimum Gasteiger partial charge on any atom is -0.324 e. The number of amides is 3. The number of benzene rings is 2. The zero-order chi connectivity index (χ0) is 21.0. The van der Waals surface area contributed by atoms with Crippen molar-refractivity contribution in [3.63, 3.8) is 0 Å². The zero-order valence-electron chi connectivity index (χ0n) is 16.4. The molecular weight excluding hydrogens is 383 g/mol. The van der Waals surface area contributed by atoms with E-state index in [0.717, 1.165) is 22.4 Å². The summed E-state index contributed by atoms with van der Waals surface area (Å²) in [6.07, 6.45) is 4.93. The van der Waals surface area contributed by atoms with Crippen molar-refractivity contribution < 1.29 is 18.8 Å². The SMILES string of the molecule is C[C@@H](C(=O)Nc1ccc(-c2cccc(F)c2)cc1)N1C(=O)[C@@H]2[C@H](C1=O)[C@H]1C=C[C@H]2C1. The first-order valence-corrected chi connectivity index (χ1v) is 10.2. The van der Waals surface area contributed by atoms with Gasteiger partial charge in [0.05, 0.1) is 11.8 Å². The smallest absolute Gasteiger partial charge is 0.247 e. The highest BCUT2D eigenvalue weighted by molar-refractivity contribution is 6.10. The molecule has 0 radical (unpaired) electrons. The van der Waals surface area contributed by atoms with Crippen LogP contribution in [0.1, 0.15) is 13.3 Å². The van der Waals surface area contributed by atoms with Crippen LogP contribution in [-0.2, 0) is 14.4 Å². The third-order valence-electron chi connectivity index (χ3n) is 6.58. The Balaban J connectivity index is 1.29. The van der Waals surface area contributed by atoms with E-state index in [4.69, 9.17) is 0 Å². The van der Waals surface area contributed by atoms with Gasteiger partial charge < -0.3 is 5.32 Å². The molecule has 2 bridgehead atoms. The summed E-state index contributed by atoms with van der Waals surface area (Å²) < 4.78 is 13.4. The highest BCUT2D eigenvalue weighted by Crippen LogP contribution is 2.52. The molecular formula is C24H21FN2O3. The molecule has 30 heavy (non-hydrogen) atoms. The standard InChI is InChI=1S/C24H21FN2O3/c1-13(27-23(29)20-16-5-6-17(11-16)21(20)24(27)30)22(28)26-19-9-7-14(8-10-19)15-3-2-4-18(25)12-15/h2-10,12-13,16-17,20-21H,11H2,1H3,(H,26,28)/t13-,16-,17-,20-,21+/m0/s1. The fourth-order valence-electron chi connectivity index (χ4n) is 5.09. The highest BCUT2D eigenvalue weighted by atomic mass is 19.1. The van der Waals surface area contributed by atoms with Gasteiger partial charge in [0.2, 0.25) is 17.7 Å². The Hall–Kier alpha value is -3.28. The number of imide groups is 1. The Bertz CT molecular complexity index is 1050. The van der Waals surface area contributed by atoms with Gasteiger partial charge >= 0.3 is 0 Å². The van der Waals surface area contributed by atoms with E-state index in [1.165, 1.54) is 12.1 Å². The van der Waals surface area contributed by atoms with Crippen LogP contribution in [0.4, 0.5) is 10.1 Å². The second kappa shape index (κ2) is 6.90. The first-order chi connectivity index (χ1) is 14.4. The van der Waals surface area contributed by atoms with Gasteiger partial charge in [-0.25, -0.2) is 4.39 Å². The van der Waals surface area contributed by atoms with Gasteiger partial charge in [-0.1, -0.05) is 36.4 Å². The van der Waals surface area contributed by atoms with Crippen LogP contribution in [0.2, 0.25) is 0 Å². The first-order valence-electron chi connectivity index (χ1n) is 10.2.